The summed E-state index contributed by atoms with van der Waals surface area (Å²) in [5.74, 6) is -1.14. The molecule has 2 aromatic rings. The summed E-state index contributed by atoms with van der Waals surface area (Å²) in [6.45, 7) is 1.85. The second-order valence-electron chi connectivity index (χ2n) is 4.60. The summed E-state index contributed by atoms with van der Waals surface area (Å²) in [5, 5.41) is 8.91. The van der Waals surface area contributed by atoms with E-state index in [1.54, 1.807) is 24.3 Å². The minimum Gasteiger partial charge on any atom is -0.478 e. The van der Waals surface area contributed by atoms with E-state index in [2.05, 4.69) is 0 Å². The summed E-state index contributed by atoms with van der Waals surface area (Å²) >= 11 is 0. The minimum atomic E-state index is -0.941. The zero-order valence-corrected chi connectivity index (χ0v) is 10.7. The maximum absolute atomic E-state index is 13.7. The zero-order chi connectivity index (χ0) is 13.8. The molecule has 0 heterocycles. The molecule has 0 aliphatic rings. The molecule has 0 fully saturated rings. The molecule has 1 N–H and O–H groups in total. The van der Waals surface area contributed by atoms with Gasteiger partial charge in [0.15, 0.2) is 0 Å². The highest BCUT2D eigenvalue weighted by Crippen LogP contribution is 2.14. The third kappa shape index (κ3) is 3.41. The maximum Gasteiger partial charge on any atom is 0.335 e. The van der Waals surface area contributed by atoms with E-state index in [0.29, 0.717) is 18.4 Å². The quantitative estimate of drug-likeness (QED) is 0.909. The topological polar surface area (TPSA) is 37.3 Å². The number of aromatic carboxylic acids is 1. The fraction of sp³-hybridized carbons (Fsp3) is 0.188. The molecule has 19 heavy (non-hydrogen) atoms. The van der Waals surface area contributed by atoms with Gasteiger partial charge in [0.1, 0.15) is 5.82 Å². The van der Waals surface area contributed by atoms with Crippen molar-refractivity contribution in [1.29, 1.82) is 0 Å². The third-order valence-corrected chi connectivity index (χ3v) is 3.07. The van der Waals surface area contributed by atoms with Crippen molar-refractivity contribution in [2.45, 2.75) is 19.8 Å². The molecule has 0 amide bonds. The average Bonchev–Trinajstić information content (AvgIpc) is 2.38. The molecular formula is C16H15FO2. The van der Waals surface area contributed by atoms with Crippen LogP contribution in [0.3, 0.4) is 0 Å². The lowest BCUT2D eigenvalue weighted by molar-refractivity contribution is 0.0696. The molecule has 0 spiro atoms. The van der Waals surface area contributed by atoms with E-state index in [0.717, 1.165) is 11.1 Å². The van der Waals surface area contributed by atoms with Crippen molar-refractivity contribution in [3.63, 3.8) is 0 Å². The highest BCUT2D eigenvalue weighted by molar-refractivity contribution is 5.87. The first-order valence-electron chi connectivity index (χ1n) is 6.13. The molecule has 2 aromatic carbocycles. The highest BCUT2D eigenvalue weighted by Gasteiger charge is 2.05. The molecule has 0 atom stereocenters. The second-order valence-corrected chi connectivity index (χ2v) is 4.60. The highest BCUT2D eigenvalue weighted by atomic mass is 19.1. The molecule has 98 valence electrons. The Balaban J connectivity index is 2.10. The Labute approximate surface area is 111 Å². The lowest BCUT2D eigenvalue weighted by Crippen LogP contribution is -1.99. The molecule has 0 saturated carbocycles. The number of carbonyl (C=O) groups is 1. The Hall–Kier alpha value is -2.16. The van der Waals surface area contributed by atoms with Gasteiger partial charge in [0, 0.05) is 0 Å². The minimum absolute atomic E-state index is 0.200. The smallest absolute Gasteiger partial charge is 0.335 e. The van der Waals surface area contributed by atoms with Crippen LogP contribution in [0.25, 0.3) is 0 Å². The van der Waals surface area contributed by atoms with Crippen molar-refractivity contribution in [3.05, 3.63) is 70.5 Å². The van der Waals surface area contributed by atoms with Crippen molar-refractivity contribution >= 4 is 5.97 Å². The fourth-order valence-corrected chi connectivity index (χ4v) is 1.99. The number of carboxylic acid groups (broad SMARTS) is 1. The van der Waals surface area contributed by atoms with E-state index in [9.17, 15) is 9.18 Å². The van der Waals surface area contributed by atoms with Crippen LogP contribution in [0.5, 0.6) is 0 Å². The van der Waals surface area contributed by atoms with Crippen molar-refractivity contribution < 1.29 is 14.3 Å². The summed E-state index contributed by atoms with van der Waals surface area (Å²) in [6, 6.07) is 11.9. The van der Waals surface area contributed by atoms with Gasteiger partial charge in [-0.25, -0.2) is 9.18 Å². The van der Waals surface area contributed by atoms with Gasteiger partial charge < -0.3 is 5.11 Å². The molecule has 3 heteroatoms. The number of aryl methyl sites for hydroxylation is 3. The Morgan fingerprint density at radius 1 is 1.16 bits per heavy atom. The van der Waals surface area contributed by atoms with Crippen LogP contribution in [0, 0.1) is 12.7 Å². The van der Waals surface area contributed by atoms with E-state index in [4.69, 9.17) is 5.11 Å². The largest absolute Gasteiger partial charge is 0.478 e. The van der Waals surface area contributed by atoms with Crippen molar-refractivity contribution in [3.8, 4) is 0 Å². The van der Waals surface area contributed by atoms with Crippen molar-refractivity contribution in [2.75, 3.05) is 0 Å². The van der Waals surface area contributed by atoms with Crippen LogP contribution >= 0.6 is 0 Å². The van der Waals surface area contributed by atoms with Crippen LogP contribution in [0.2, 0.25) is 0 Å². The van der Waals surface area contributed by atoms with Gasteiger partial charge in [0.2, 0.25) is 0 Å². The van der Waals surface area contributed by atoms with E-state index in [-0.39, 0.29) is 11.4 Å². The predicted molar refractivity (Wildman–Crippen MR) is 71.9 cm³/mol. The van der Waals surface area contributed by atoms with Gasteiger partial charge >= 0.3 is 5.97 Å². The van der Waals surface area contributed by atoms with Gasteiger partial charge in [-0.3, -0.25) is 0 Å². The van der Waals surface area contributed by atoms with E-state index in [1.165, 1.54) is 6.07 Å². The molecule has 0 radical (unpaired) electrons. The molecule has 2 rings (SSSR count). The van der Waals surface area contributed by atoms with Gasteiger partial charge in [-0.1, -0.05) is 24.3 Å². The number of hydrogen-bond donors (Lipinski definition) is 1. The molecular weight excluding hydrogens is 243 g/mol. The Morgan fingerprint density at radius 2 is 1.95 bits per heavy atom. The summed E-state index contributed by atoms with van der Waals surface area (Å²) < 4.78 is 13.7. The van der Waals surface area contributed by atoms with Gasteiger partial charge in [-0.15, -0.1) is 0 Å². The lowest BCUT2D eigenvalue weighted by atomic mass is 10.0. The third-order valence-electron chi connectivity index (χ3n) is 3.07. The normalized spacial score (nSPS) is 10.4. The van der Waals surface area contributed by atoms with Gasteiger partial charge in [-0.05, 0) is 54.7 Å². The molecule has 0 aromatic heterocycles. The molecule has 2 nitrogen and oxygen atoms in total. The monoisotopic (exact) mass is 258 g/mol. The number of rotatable bonds is 4. The summed E-state index contributed by atoms with van der Waals surface area (Å²) in [4.78, 5) is 10.9. The van der Waals surface area contributed by atoms with Gasteiger partial charge in [0.05, 0.1) is 5.56 Å². The number of benzene rings is 2. The van der Waals surface area contributed by atoms with Crippen molar-refractivity contribution in [1.82, 2.24) is 0 Å². The first kappa shape index (κ1) is 13.3. The van der Waals surface area contributed by atoms with Crippen LogP contribution < -0.4 is 0 Å². The molecule has 0 aliphatic heterocycles. The Morgan fingerprint density at radius 3 is 2.63 bits per heavy atom. The number of carboxylic acids is 1. The number of hydrogen-bond acceptors (Lipinski definition) is 1. The van der Waals surface area contributed by atoms with Crippen LogP contribution in [-0.4, -0.2) is 11.1 Å². The van der Waals surface area contributed by atoms with Crippen LogP contribution in [0.4, 0.5) is 4.39 Å². The summed E-state index contributed by atoms with van der Waals surface area (Å²) in [5.41, 5.74) is 2.72. The molecule has 0 unspecified atom stereocenters. The van der Waals surface area contributed by atoms with Crippen molar-refractivity contribution in [2.24, 2.45) is 0 Å². The SMILES string of the molecule is Cc1ccc(CCc2cccc(C(=O)O)c2)c(F)c1. The van der Waals surface area contributed by atoms with Crippen LogP contribution in [0.15, 0.2) is 42.5 Å². The average molecular weight is 258 g/mol. The van der Waals surface area contributed by atoms with Crippen LogP contribution in [0.1, 0.15) is 27.0 Å². The standard InChI is InChI=1S/C16H15FO2/c1-11-5-7-13(15(17)9-11)8-6-12-3-2-4-14(10-12)16(18)19/h2-5,7,9-10H,6,8H2,1H3,(H,18,19). The Bertz CT molecular complexity index is 605. The van der Waals surface area contributed by atoms with E-state index >= 15 is 0 Å². The van der Waals surface area contributed by atoms with Gasteiger partial charge in [0.25, 0.3) is 0 Å². The van der Waals surface area contributed by atoms with Crippen LogP contribution in [-0.2, 0) is 12.8 Å². The summed E-state index contributed by atoms with van der Waals surface area (Å²) in [7, 11) is 0. The Kier molecular flexibility index (Phi) is 3.95. The first-order valence-corrected chi connectivity index (χ1v) is 6.13. The zero-order valence-electron chi connectivity index (χ0n) is 10.7. The lowest BCUT2D eigenvalue weighted by Gasteiger charge is -2.05. The fourth-order valence-electron chi connectivity index (χ4n) is 1.99. The van der Waals surface area contributed by atoms with Gasteiger partial charge in [-0.2, -0.15) is 0 Å². The van der Waals surface area contributed by atoms with E-state index in [1.807, 2.05) is 19.1 Å². The molecule has 0 bridgehead atoms. The maximum atomic E-state index is 13.7. The second kappa shape index (κ2) is 5.65. The van der Waals surface area contributed by atoms with E-state index < -0.39 is 5.97 Å². The molecule has 0 saturated heterocycles. The molecule has 0 aliphatic carbocycles. The first-order chi connectivity index (χ1) is 9.06. The number of halogens is 1. The predicted octanol–water partition coefficient (Wildman–Crippen LogP) is 3.62. The summed E-state index contributed by atoms with van der Waals surface area (Å²) in [6.07, 6.45) is 1.19.